The van der Waals surface area contributed by atoms with E-state index in [2.05, 4.69) is 54.3 Å². The van der Waals surface area contributed by atoms with E-state index in [1.165, 1.54) is 15.9 Å². The molecule has 2 aliphatic heterocycles. The van der Waals surface area contributed by atoms with Gasteiger partial charge >= 0.3 is 11.8 Å². The first-order valence-electron chi connectivity index (χ1n) is 13.7. The first-order valence-corrected chi connectivity index (χ1v) is 14.5. The van der Waals surface area contributed by atoms with Crippen LogP contribution in [-0.4, -0.2) is 58.3 Å². The number of likely N-dealkylation sites (tertiary alicyclic amines) is 2. The van der Waals surface area contributed by atoms with E-state index >= 15 is 0 Å². The number of amides is 2. The van der Waals surface area contributed by atoms with Crippen molar-refractivity contribution in [3.05, 3.63) is 46.6 Å². The van der Waals surface area contributed by atoms with Crippen LogP contribution in [0.1, 0.15) is 68.1 Å². The predicted molar refractivity (Wildman–Crippen MR) is 153 cm³/mol. The average molecular weight is 535 g/mol. The average Bonchev–Trinajstić information content (AvgIpc) is 3.32. The molecule has 0 radical (unpaired) electrons. The van der Waals surface area contributed by atoms with Crippen molar-refractivity contribution in [3.8, 4) is 0 Å². The summed E-state index contributed by atoms with van der Waals surface area (Å²) in [5, 5.41) is 3.96. The number of benzene rings is 1. The molecule has 2 aliphatic rings. The summed E-state index contributed by atoms with van der Waals surface area (Å²) >= 11 is 1.79. The van der Waals surface area contributed by atoms with Crippen LogP contribution in [0.2, 0.25) is 0 Å². The molecule has 0 bridgehead atoms. The van der Waals surface area contributed by atoms with Gasteiger partial charge in [0.15, 0.2) is 0 Å². The molecule has 202 valence electrons. The van der Waals surface area contributed by atoms with Gasteiger partial charge < -0.3 is 20.9 Å². The molecule has 8 nitrogen and oxygen atoms in total. The van der Waals surface area contributed by atoms with Crippen LogP contribution >= 0.6 is 11.3 Å². The molecule has 1 aromatic carbocycles. The third-order valence-electron chi connectivity index (χ3n) is 8.15. The molecule has 0 saturated carbocycles. The smallest absolute Gasteiger partial charge is 0.313 e. The monoisotopic (exact) mass is 534 g/mol. The Morgan fingerprint density at radius 3 is 2.74 bits per heavy atom. The zero-order chi connectivity index (χ0) is 27.0. The van der Waals surface area contributed by atoms with E-state index in [1.54, 1.807) is 22.3 Å². The Morgan fingerprint density at radius 2 is 1.97 bits per heavy atom. The third kappa shape index (κ3) is 5.40. The van der Waals surface area contributed by atoms with Crippen LogP contribution in [0, 0.1) is 11.8 Å². The van der Waals surface area contributed by atoms with Gasteiger partial charge in [0.25, 0.3) is 0 Å². The van der Waals surface area contributed by atoms with Crippen LogP contribution in [0.5, 0.6) is 0 Å². The molecule has 4 heterocycles. The maximum Gasteiger partial charge on any atom is 0.313 e. The highest BCUT2D eigenvalue weighted by Crippen LogP contribution is 2.39. The molecule has 2 amide bonds. The Bertz CT molecular complexity index is 1340. The summed E-state index contributed by atoms with van der Waals surface area (Å²) in [4.78, 5) is 39.8. The van der Waals surface area contributed by atoms with Crippen molar-refractivity contribution >= 4 is 44.9 Å². The van der Waals surface area contributed by atoms with E-state index in [0.717, 1.165) is 49.0 Å². The lowest BCUT2D eigenvalue weighted by molar-refractivity contribution is -0.146. The lowest BCUT2D eigenvalue weighted by Crippen LogP contribution is -2.46. The minimum Gasteiger partial charge on any atom is -0.383 e. The van der Waals surface area contributed by atoms with E-state index < -0.39 is 11.8 Å². The second-order valence-corrected chi connectivity index (χ2v) is 12.2. The van der Waals surface area contributed by atoms with Crippen LogP contribution in [0.15, 0.2) is 30.5 Å². The van der Waals surface area contributed by atoms with Gasteiger partial charge in [0.2, 0.25) is 0 Å². The van der Waals surface area contributed by atoms with Crippen LogP contribution in [-0.2, 0) is 16.0 Å². The van der Waals surface area contributed by atoms with Gasteiger partial charge in [0, 0.05) is 19.0 Å². The van der Waals surface area contributed by atoms with E-state index in [4.69, 9.17) is 10.7 Å². The van der Waals surface area contributed by atoms with Crippen LogP contribution in [0.4, 0.5) is 11.5 Å². The maximum atomic E-state index is 13.4. The molecule has 3 N–H and O–H groups in total. The van der Waals surface area contributed by atoms with Crippen molar-refractivity contribution < 1.29 is 9.59 Å². The molecule has 2 saturated heterocycles. The Balaban J connectivity index is 1.37. The number of hydrogen-bond donors (Lipinski definition) is 2. The summed E-state index contributed by atoms with van der Waals surface area (Å²) in [7, 11) is 2.19. The van der Waals surface area contributed by atoms with Crippen molar-refractivity contribution in [1.29, 1.82) is 0 Å². The highest BCUT2D eigenvalue weighted by molar-refractivity contribution is 7.18. The highest BCUT2D eigenvalue weighted by atomic mass is 32.1. The summed E-state index contributed by atoms with van der Waals surface area (Å²) < 4.78 is 1.18. The molecule has 0 spiro atoms. The number of nitrogens with zero attached hydrogens (tertiary/aromatic N) is 4. The number of nitrogens with two attached hydrogens (primary N) is 1. The fraction of sp³-hybridized carbons (Fsp3) is 0.517. The zero-order valence-corrected chi connectivity index (χ0v) is 23.6. The van der Waals surface area contributed by atoms with E-state index in [1.807, 2.05) is 6.92 Å². The van der Waals surface area contributed by atoms with Crippen LogP contribution in [0.3, 0.4) is 0 Å². The van der Waals surface area contributed by atoms with Gasteiger partial charge in [-0.1, -0.05) is 26.8 Å². The Hall–Kier alpha value is -3.04. The number of piperidine rings is 2. The number of aromatic nitrogens is 2. The van der Waals surface area contributed by atoms with Crippen molar-refractivity contribution in [2.24, 2.45) is 11.8 Å². The van der Waals surface area contributed by atoms with Crippen molar-refractivity contribution in [2.75, 3.05) is 37.7 Å². The molecule has 0 unspecified atom stereocenters. The lowest BCUT2D eigenvalue weighted by Gasteiger charge is -2.38. The van der Waals surface area contributed by atoms with Crippen LogP contribution in [0.25, 0.3) is 10.2 Å². The Labute approximate surface area is 228 Å². The molecule has 2 aromatic heterocycles. The maximum absolute atomic E-state index is 13.4. The summed E-state index contributed by atoms with van der Waals surface area (Å²) in [5.74, 6) is 0.660. The van der Waals surface area contributed by atoms with Crippen molar-refractivity contribution in [2.45, 2.75) is 58.4 Å². The van der Waals surface area contributed by atoms with E-state index in [-0.39, 0.29) is 6.04 Å². The summed E-state index contributed by atoms with van der Waals surface area (Å²) in [6.45, 7) is 9.16. The predicted octanol–water partition coefficient (Wildman–Crippen LogP) is 4.83. The third-order valence-corrected chi connectivity index (χ3v) is 9.32. The minimum absolute atomic E-state index is 0.156. The normalized spacial score (nSPS) is 24.5. The van der Waals surface area contributed by atoms with Gasteiger partial charge in [-0.15, -0.1) is 11.3 Å². The number of nitrogen functional groups attached to an aromatic ring is 1. The second-order valence-electron chi connectivity index (χ2n) is 11.1. The number of carbonyl (C=O) groups excluding carboxylic acids is 2. The fourth-order valence-corrected chi connectivity index (χ4v) is 7.18. The van der Waals surface area contributed by atoms with Gasteiger partial charge in [-0.05, 0) is 80.4 Å². The fourth-order valence-electron chi connectivity index (χ4n) is 5.96. The quantitative estimate of drug-likeness (QED) is 0.465. The molecule has 3 aromatic rings. The van der Waals surface area contributed by atoms with Gasteiger partial charge in [0.05, 0.1) is 33.2 Å². The van der Waals surface area contributed by atoms with Crippen molar-refractivity contribution in [3.63, 3.8) is 0 Å². The SMILES string of the molecule is CCc1cc(NC(=O)C(=O)N2C[C@@H](C)CC[C@@H]2c2ccc3sc([C@H]4CCN(C)C[C@@H]4C)nc3c2)cnc1N. The van der Waals surface area contributed by atoms with Gasteiger partial charge in [-0.25, -0.2) is 9.97 Å². The first-order chi connectivity index (χ1) is 18.2. The largest absolute Gasteiger partial charge is 0.383 e. The van der Waals surface area contributed by atoms with E-state index in [0.29, 0.717) is 42.2 Å². The number of carbonyl (C=O) groups is 2. The highest BCUT2D eigenvalue weighted by Gasteiger charge is 2.35. The first kappa shape index (κ1) is 26.6. The number of nitrogens with one attached hydrogen (secondary N) is 1. The Morgan fingerprint density at radius 1 is 1.16 bits per heavy atom. The molecule has 9 heteroatoms. The number of pyridine rings is 1. The molecule has 4 atom stereocenters. The standard InChI is InChI=1S/C29H38N6O2S/c1-5-19-12-21(14-31-26(19)30)32-27(36)29(37)35-15-17(2)6-8-24(35)20-7-9-25-23(13-20)33-28(38-25)22-10-11-34(4)16-18(22)3/h7,9,12-14,17-18,22,24H,5-6,8,10-11,15-16H2,1-4H3,(H2,30,31)(H,32,36)/t17-,18-,22-,24+/m0/s1. The molecular formula is C29H38N6O2S. The number of thiazole rings is 1. The number of aryl methyl sites for hydroxylation is 1. The van der Waals surface area contributed by atoms with Gasteiger partial charge in [-0.2, -0.15) is 0 Å². The summed E-state index contributed by atoms with van der Waals surface area (Å²) in [6.07, 6.45) is 5.14. The topological polar surface area (TPSA) is 104 Å². The number of hydrogen-bond acceptors (Lipinski definition) is 7. The van der Waals surface area contributed by atoms with Gasteiger partial charge in [0.1, 0.15) is 5.82 Å². The number of fused-ring (bicyclic) bond motifs is 1. The van der Waals surface area contributed by atoms with Crippen LogP contribution < -0.4 is 11.1 Å². The number of rotatable bonds is 4. The Kier molecular flexibility index (Phi) is 7.68. The molecule has 2 fully saturated rings. The minimum atomic E-state index is -0.647. The molecular weight excluding hydrogens is 496 g/mol. The van der Waals surface area contributed by atoms with Crippen molar-refractivity contribution in [1.82, 2.24) is 19.8 Å². The summed E-state index contributed by atoms with van der Waals surface area (Å²) in [6, 6.07) is 8.00. The lowest BCUT2D eigenvalue weighted by atomic mass is 9.87. The van der Waals surface area contributed by atoms with Gasteiger partial charge in [-0.3, -0.25) is 9.59 Å². The molecule has 5 rings (SSSR count). The second kappa shape index (κ2) is 11.0. The summed E-state index contributed by atoms with van der Waals surface area (Å²) in [5.41, 5.74) is 9.25. The number of anilines is 2. The molecule has 38 heavy (non-hydrogen) atoms. The zero-order valence-electron chi connectivity index (χ0n) is 22.7. The van der Waals surface area contributed by atoms with E-state index in [9.17, 15) is 9.59 Å². The molecule has 0 aliphatic carbocycles.